The first-order valence-electron chi connectivity index (χ1n) is 13.7. The highest BCUT2D eigenvalue weighted by molar-refractivity contribution is 6.07. The van der Waals surface area contributed by atoms with E-state index >= 15 is 0 Å². The SMILES string of the molecule is N=C(N)c1c[nH]c2ccc(CCNC(=O)c3ccc(-c4ccnc(NCCCN5CCCCC5)n4)cc3)cc12. The minimum atomic E-state index is -0.118. The van der Waals surface area contributed by atoms with E-state index in [1.165, 1.54) is 32.4 Å². The second-order valence-corrected chi connectivity index (χ2v) is 10.0. The van der Waals surface area contributed by atoms with Gasteiger partial charge in [0, 0.05) is 53.1 Å². The predicted molar refractivity (Wildman–Crippen MR) is 156 cm³/mol. The first-order chi connectivity index (χ1) is 19.1. The summed E-state index contributed by atoms with van der Waals surface area (Å²) in [6.07, 6.45) is 9.24. The summed E-state index contributed by atoms with van der Waals surface area (Å²) in [6, 6.07) is 15.4. The molecule has 1 fully saturated rings. The van der Waals surface area contributed by atoms with Crippen LogP contribution >= 0.6 is 0 Å². The molecule has 6 N–H and O–H groups in total. The number of carbonyl (C=O) groups is 1. The van der Waals surface area contributed by atoms with Crippen LogP contribution in [0.25, 0.3) is 22.2 Å². The molecule has 0 unspecified atom stereocenters. The molecule has 9 nitrogen and oxygen atoms in total. The van der Waals surface area contributed by atoms with Crippen LogP contribution in [0.5, 0.6) is 0 Å². The Kier molecular flexibility index (Phi) is 8.48. The fourth-order valence-corrected chi connectivity index (χ4v) is 5.05. The monoisotopic (exact) mass is 524 g/mol. The van der Waals surface area contributed by atoms with E-state index in [2.05, 4.69) is 30.5 Å². The van der Waals surface area contributed by atoms with Crippen LogP contribution in [0.4, 0.5) is 5.95 Å². The Morgan fingerprint density at radius 3 is 2.67 bits per heavy atom. The molecular formula is C30H36N8O. The zero-order chi connectivity index (χ0) is 27.0. The van der Waals surface area contributed by atoms with Gasteiger partial charge in [0.15, 0.2) is 0 Å². The lowest BCUT2D eigenvalue weighted by atomic mass is 10.1. The molecule has 0 saturated carbocycles. The number of nitrogens with two attached hydrogens (primary N) is 1. The molecule has 2 aromatic carbocycles. The third kappa shape index (κ3) is 6.80. The quantitative estimate of drug-likeness (QED) is 0.114. The number of hydrogen-bond acceptors (Lipinski definition) is 6. The van der Waals surface area contributed by atoms with Gasteiger partial charge in [0.1, 0.15) is 5.84 Å². The smallest absolute Gasteiger partial charge is 0.251 e. The fourth-order valence-electron chi connectivity index (χ4n) is 5.05. The van der Waals surface area contributed by atoms with Crippen molar-refractivity contribution in [2.24, 2.45) is 5.73 Å². The zero-order valence-corrected chi connectivity index (χ0v) is 22.2. The maximum atomic E-state index is 12.7. The number of fused-ring (bicyclic) bond motifs is 1. The van der Waals surface area contributed by atoms with Gasteiger partial charge in [-0.2, -0.15) is 0 Å². The Morgan fingerprint density at radius 1 is 1.05 bits per heavy atom. The number of amides is 1. The number of nitrogens with zero attached hydrogens (tertiary/aromatic N) is 3. The van der Waals surface area contributed by atoms with Gasteiger partial charge in [-0.3, -0.25) is 10.2 Å². The molecule has 1 aliphatic heterocycles. The van der Waals surface area contributed by atoms with E-state index in [1.54, 1.807) is 12.4 Å². The summed E-state index contributed by atoms with van der Waals surface area (Å²) < 4.78 is 0. The number of nitrogen functional groups attached to an aromatic ring is 1. The lowest BCUT2D eigenvalue weighted by molar-refractivity contribution is 0.0954. The molecule has 0 aliphatic carbocycles. The number of amidine groups is 1. The summed E-state index contributed by atoms with van der Waals surface area (Å²) >= 11 is 0. The van der Waals surface area contributed by atoms with E-state index in [0.29, 0.717) is 30.0 Å². The Bertz CT molecular complexity index is 1420. The summed E-state index contributed by atoms with van der Waals surface area (Å²) in [5.74, 6) is 0.543. The fraction of sp³-hybridized carbons (Fsp3) is 0.333. The van der Waals surface area contributed by atoms with Crippen LogP contribution < -0.4 is 16.4 Å². The van der Waals surface area contributed by atoms with Crippen molar-refractivity contribution in [1.29, 1.82) is 5.41 Å². The van der Waals surface area contributed by atoms with Crippen molar-refractivity contribution in [1.82, 2.24) is 25.2 Å². The van der Waals surface area contributed by atoms with Crippen molar-refractivity contribution < 1.29 is 4.79 Å². The van der Waals surface area contributed by atoms with Gasteiger partial charge in [0.25, 0.3) is 5.91 Å². The van der Waals surface area contributed by atoms with Crippen molar-refractivity contribution in [3.8, 4) is 11.3 Å². The summed E-state index contributed by atoms with van der Waals surface area (Å²) in [5.41, 5.74) is 10.7. The minimum Gasteiger partial charge on any atom is -0.384 e. The van der Waals surface area contributed by atoms with Crippen molar-refractivity contribution in [3.63, 3.8) is 0 Å². The summed E-state index contributed by atoms with van der Waals surface area (Å²) in [5, 5.41) is 15.0. The third-order valence-electron chi connectivity index (χ3n) is 7.22. The van der Waals surface area contributed by atoms with E-state index in [4.69, 9.17) is 11.1 Å². The van der Waals surface area contributed by atoms with E-state index < -0.39 is 0 Å². The molecule has 3 heterocycles. The number of benzene rings is 2. The Labute approximate surface area is 228 Å². The average molecular weight is 525 g/mol. The van der Waals surface area contributed by atoms with E-state index in [9.17, 15) is 4.79 Å². The van der Waals surface area contributed by atoms with Gasteiger partial charge in [0.05, 0.1) is 5.69 Å². The number of H-pyrrole nitrogens is 1. The highest BCUT2D eigenvalue weighted by Gasteiger charge is 2.11. The number of anilines is 1. The predicted octanol–water partition coefficient (Wildman–Crippen LogP) is 4.17. The number of rotatable bonds is 11. The van der Waals surface area contributed by atoms with Gasteiger partial charge >= 0.3 is 0 Å². The number of hydrogen-bond donors (Lipinski definition) is 5. The summed E-state index contributed by atoms with van der Waals surface area (Å²) in [6.45, 7) is 4.89. The van der Waals surface area contributed by atoms with Gasteiger partial charge in [-0.05, 0) is 81.2 Å². The first-order valence-corrected chi connectivity index (χ1v) is 13.7. The molecule has 39 heavy (non-hydrogen) atoms. The van der Waals surface area contributed by atoms with Crippen LogP contribution in [0, 0.1) is 5.41 Å². The number of piperidine rings is 1. The van der Waals surface area contributed by atoms with Gasteiger partial charge in [0.2, 0.25) is 5.95 Å². The minimum absolute atomic E-state index is 0.0350. The van der Waals surface area contributed by atoms with Crippen molar-refractivity contribution in [2.45, 2.75) is 32.1 Å². The van der Waals surface area contributed by atoms with Crippen LogP contribution in [-0.4, -0.2) is 64.3 Å². The highest BCUT2D eigenvalue weighted by Crippen LogP contribution is 2.21. The zero-order valence-electron chi connectivity index (χ0n) is 22.2. The lowest BCUT2D eigenvalue weighted by Gasteiger charge is -2.26. The molecule has 0 spiro atoms. The molecule has 202 valence electrons. The van der Waals surface area contributed by atoms with Gasteiger partial charge < -0.3 is 26.3 Å². The van der Waals surface area contributed by atoms with Crippen LogP contribution in [-0.2, 0) is 6.42 Å². The first kappa shape index (κ1) is 26.4. The van der Waals surface area contributed by atoms with E-state index in [-0.39, 0.29) is 11.7 Å². The molecule has 1 saturated heterocycles. The Balaban J connectivity index is 1.11. The number of carbonyl (C=O) groups excluding carboxylic acids is 1. The van der Waals surface area contributed by atoms with Crippen LogP contribution in [0.2, 0.25) is 0 Å². The second-order valence-electron chi connectivity index (χ2n) is 10.0. The number of aromatic nitrogens is 3. The van der Waals surface area contributed by atoms with Crippen molar-refractivity contribution >= 4 is 28.6 Å². The highest BCUT2D eigenvalue weighted by atomic mass is 16.1. The number of aromatic amines is 1. The molecule has 2 aromatic heterocycles. The standard InChI is InChI=1S/C30H36N8O/c31-28(32)25-20-36-27-10-5-21(19-24(25)27)11-14-33-29(39)23-8-6-22(7-9-23)26-12-15-35-30(37-26)34-13-4-18-38-16-2-1-3-17-38/h5-10,12,15,19-20,36H,1-4,11,13-14,16-18H2,(H3,31,32)(H,33,39)(H,34,35,37). The molecule has 9 heteroatoms. The van der Waals surface area contributed by atoms with Crippen LogP contribution in [0.3, 0.4) is 0 Å². The molecule has 0 bridgehead atoms. The molecular weight excluding hydrogens is 488 g/mol. The molecule has 5 rings (SSSR count). The van der Waals surface area contributed by atoms with Crippen molar-refractivity contribution in [3.05, 3.63) is 77.6 Å². The van der Waals surface area contributed by atoms with Gasteiger partial charge in [-0.1, -0.05) is 24.6 Å². The molecule has 4 aromatic rings. The maximum absolute atomic E-state index is 12.7. The molecule has 1 amide bonds. The van der Waals surface area contributed by atoms with Crippen LogP contribution in [0.15, 0.2) is 60.9 Å². The maximum Gasteiger partial charge on any atom is 0.251 e. The molecule has 1 aliphatic rings. The van der Waals surface area contributed by atoms with Crippen LogP contribution in [0.1, 0.15) is 47.2 Å². The topological polar surface area (TPSA) is 136 Å². The van der Waals surface area contributed by atoms with Crippen molar-refractivity contribution in [2.75, 3.05) is 38.0 Å². The summed E-state index contributed by atoms with van der Waals surface area (Å²) in [7, 11) is 0. The lowest BCUT2D eigenvalue weighted by Crippen LogP contribution is -2.31. The number of likely N-dealkylation sites (tertiary alicyclic amines) is 1. The second kappa shape index (κ2) is 12.5. The van der Waals surface area contributed by atoms with Gasteiger partial charge in [-0.15, -0.1) is 0 Å². The molecule has 0 radical (unpaired) electrons. The number of nitrogens with one attached hydrogen (secondary N) is 4. The Hall–Kier alpha value is -4.24. The largest absolute Gasteiger partial charge is 0.384 e. The average Bonchev–Trinajstić information content (AvgIpc) is 3.40. The van der Waals surface area contributed by atoms with E-state index in [0.717, 1.165) is 47.2 Å². The molecule has 0 atom stereocenters. The normalized spacial score (nSPS) is 13.8. The summed E-state index contributed by atoms with van der Waals surface area (Å²) in [4.78, 5) is 27.4. The van der Waals surface area contributed by atoms with Gasteiger partial charge in [-0.25, -0.2) is 9.97 Å². The van der Waals surface area contributed by atoms with E-state index in [1.807, 2.05) is 48.5 Å². The third-order valence-corrected chi connectivity index (χ3v) is 7.22. The Morgan fingerprint density at radius 2 is 1.87 bits per heavy atom.